The summed E-state index contributed by atoms with van der Waals surface area (Å²) in [5.74, 6) is 0.614. The van der Waals surface area contributed by atoms with E-state index in [-0.39, 0.29) is 11.7 Å². The summed E-state index contributed by atoms with van der Waals surface area (Å²) >= 11 is 0. The van der Waals surface area contributed by atoms with Gasteiger partial charge in [-0.1, -0.05) is 24.3 Å². The first-order valence-corrected chi connectivity index (χ1v) is 13.1. The smallest absolute Gasteiger partial charge is 0.255 e. The third-order valence-corrected chi connectivity index (χ3v) is 6.76. The Balaban J connectivity index is 1.38. The minimum absolute atomic E-state index is 0.0169. The second-order valence-electron chi connectivity index (χ2n) is 9.63. The van der Waals surface area contributed by atoms with Crippen molar-refractivity contribution in [1.29, 1.82) is 0 Å². The number of amides is 1. The molecule has 5 rings (SSSR count). The predicted molar refractivity (Wildman–Crippen MR) is 153 cm³/mol. The number of nitrogens with zero attached hydrogens (tertiary/aromatic N) is 4. The molecule has 0 spiro atoms. The molecule has 1 amide bonds. The normalized spacial score (nSPS) is 14.2. The average Bonchev–Trinajstić information content (AvgIpc) is 2.98. The van der Waals surface area contributed by atoms with Crippen LogP contribution in [0.5, 0.6) is 11.6 Å². The molecule has 1 N–H and O–H groups in total. The predicted octanol–water partition coefficient (Wildman–Crippen LogP) is 5.12. The highest BCUT2D eigenvalue weighted by molar-refractivity contribution is 6.10. The summed E-state index contributed by atoms with van der Waals surface area (Å²) in [7, 11) is 3.56. The lowest BCUT2D eigenvalue weighted by Crippen LogP contribution is -2.36. The molecule has 1 unspecified atom stereocenters. The first-order valence-electron chi connectivity index (χ1n) is 13.1. The summed E-state index contributed by atoms with van der Waals surface area (Å²) in [4.78, 5) is 26.0. The molecule has 10 heteroatoms. The van der Waals surface area contributed by atoms with Crippen LogP contribution >= 0.6 is 0 Å². The zero-order chi connectivity index (χ0) is 28.1. The van der Waals surface area contributed by atoms with Crippen molar-refractivity contribution in [2.75, 3.05) is 62.1 Å². The second-order valence-corrected chi connectivity index (χ2v) is 9.63. The van der Waals surface area contributed by atoms with E-state index in [0.29, 0.717) is 61.8 Å². The van der Waals surface area contributed by atoms with E-state index in [2.05, 4.69) is 15.3 Å². The van der Waals surface area contributed by atoms with Crippen LogP contribution in [0.3, 0.4) is 0 Å². The van der Waals surface area contributed by atoms with Crippen LogP contribution in [0.1, 0.15) is 17.3 Å². The SMILES string of the molecule is COC(C)CN(C)c1nccc(Oc2ccc(NC(=O)c3cc(F)cc(N4CCOCC4)c3)c3ccccc23)n1. The monoisotopic (exact) mass is 545 g/mol. The van der Waals surface area contributed by atoms with Crippen LogP contribution < -0.4 is 19.9 Å². The maximum absolute atomic E-state index is 14.5. The minimum Gasteiger partial charge on any atom is -0.438 e. The van der Waals surface area contributed by atoms with E-state index >= 15 is 0 Å². The van der Waals surface area contributed by atoms with Gasteiger partial charge in [0.05, 0.1) is 19.3 Å². The molecule has 3 aromatic carbocycles. The molecule has 0 aliphatic carbocycles. The number of ether oxygens (including phenoxy) is 3. The van der Waals surface area contributed by atoms with Gasteiger partial charge in [-0.3, -0.25) is 4.79 Å². The second kappa shape index (κ2) is 12.3. The van der Waals surface area contributed by atoms with Crippen molar-refractivity contribution in [3.05, 3.63) is 78.2 Å². The van der Waals surface area contributed by atoms with E-state index in [1.165, 1.54) is 12.1 Å². The highest BCUT2D eigenvalue weighted by atomic mass is 19.1. The molecule has 1 saturated heterocycles. The molecule has 1 aliphatic heterocycles. The Labute approximate surface area is 232 Å². The summed E-state index contributed by atoms with van der Waals surface area (Å²) in [6, 6.07) is 17.2. The first-order chi connectivity index (χ1) is 19.4. The molecule has 1 aromatic heterocycles. The maximum Gasteiger partial charge on any atom is 0.255 e. The number of nitrogens with one attached hydrogen (secondary N) is 1. The van der Waals surface area contributed by atoms with Crippen LogP contribution in [0.4, 0.5) is 21.7 Å². The number of rotatable bonds is 9. The fourth-order valence-electron chi connectivity index (χ4n) is 4.60. The summed E-state index contributed by atoms with van der Waals surface area (Å²) in [5.41, 5.74) is 1.49. The molecule has 2 heterocycles. The van der Waals surface area contributed by atoms with Gasteiger partial charge in [-0.2, -0.15) is 4.98 Å². The molecule has 9 nitrogen and oxygen atoms in total. The van der Waals surface area contributed by atoms with Crippen molar-refractivity contribution in [1.82, 2.24) is 9.97 Å². The number of likely N-dealkylation sites (N-methyl/N-ethyl adjacent to an activating group) is 1. The summed E-state index contributed by atoms with van der Waals surface area (Å²) in [6.45, 7) is 5.02. The number of anilines is 3. The van der Waals surface area contributed by atoms with Crippen LogP contribution in [0.25, 0.3) is 10.8 Å². The Kier molecular flexibility index (Phi) is 8.37. The van der Waals surface area contributed by atoms with Gasteiger partial charge in [-0.15, -0.1) is 0 Å². The van der Waals surface area contributed by atoms with Gasteiger partial charge < -0.3 is 29.3 Å². The van der Waals surface area contributed by atoms with Crippen LogP contribution in [-0.2, 0) is 9.47 Å². The van der Waals surface area contributed by atoms with Gasteiger partial charge in [0.2, 0.25) is 11.8 Å². The van der Waals surface area contributed by atoms with Gasteiger partial charge in [-0.05, 0) is 37.3 Å². The number of fused-ring (bicyclic) bond motifs is 1. The number of carbonyl (C=O) groups is 1. The molecule has 0 saturated carbocycles. The summed E-state index contributed by atoms with van der Waals surface area (Å²) in [5, 5.41) is 4.51. The van der Waals surface area contributed by atoms with Crippen LogP contribution in [0, 0.1) is 5.82 Å². The number of methoxy groups -OCH3 is 1. The minimum atomic E-state index is -0.464. The van der Waals surface area contributed by atoms with Crippen molar-refractivity contribution in [2.45, 2.75) is 13.0 Å². The molecule has 1 aliphatic rings. The molecule has 1 atom stereocenters. The van der Waals surface area contributed by atoms with Gasteiger partial charge in [-0.25, -0.2) is 9.37 Å². The lowest BCUT2D eigenvalue weighted by molar-refractivity contribution is 0.102. The summed E-state index contributed by atoms with van der Waals surface area (Å²) in [6.07, 6.45) is 1.66. The number of hydrogen-bond donors (Lipinski definition) is 1. The number of halogens is 1. The van der Waals surface area contributed by atoms with Crippen LogP contribution in [0.2, 0.25) is 0 Å². The Morgan fingerprint density at radius 2 is 1.90 bits per heavy atom. The Morgan fingerprint density at radius 1 is 1.12 bits per heavy atom. The zero-order valence-corrected chi connectivity index (χ0v) is 22.8. The van der Waals surface area contributed by atoms with Crippen molar-refractivity contribution < 1.29 is 23.4 Å². The van der Waals surface area contributed by atoms with Crippen molar-refractivity contribution in [2.24, 2.45) is 0 Å². The first kappa shape index (κ1) is 27.3. The van der Waals surface area contributed by atoms with Crippen molar-refractivity contribution in [3.63, 3.8) is 0 Å². The van der Waals surface area contributed by atoms with Gasteiger partial charge in [0.25, 0.3) is 5.91 Å². The third kappa shape index (κ3) is 6.30. The molecule has 0 radical (unpaired) electrons. The topological polar surface area (TPSA) is 89.1 Å². The van der Waals surface area contributed by atoms with Gasteiger partial charge in [0.15, 0.2) is 0 Å². The number of morpholine rings is 1. The number of aromatic nitrogens is 2. The Morgan fingerprint density at radius 3 is 2.67 bits per heavy atom. The highest BCUT2D eigenvalue weighted by Crippen LogP contribution is 2.34. The zero-order valence-electron chi connectivity index (χ0n) is 22.8. The lowest BCUT2D eigenvalue weighted by Gasteiger charge is -2.29. The van der Waals surface area contributed by atoms with Crippen molar-refractivity contribution in [3.8, 4) is 11.6 Å². The molecular formula is C30H32FN5O4. The summed E-state index contributed by atoms with van der Waals surface area (Å²) < 4.78 is 31.4. The number of benzene rings is 3. The Hall–Kier alpha value is -4.28. The van der Waals surface area contributed by atoms with E-state index in [9.17, 15) is 9.18 Å². The Bertz CT molecular complexity index is 1490. The molecule has 4 aromatic rings. The largest absolute Gasteiger partial charge is 0.438 e. The molecule has 40 heavy (non-hydrogen) atoms. The van der Waals surface area contributed by atoms with Crippen molar-refractivity contribution >= 4 is 34.0 Å². The van der Waals surface area contributed by atoms with Gasteiger partial charge in [0, 0.05) is 73.8 Å². The van der Waals surface area contributed by atoms with Crippen LogP contribution in [0.15, 0.2) is 66.9 Å². The van der Waals surface area contributed by atoms with Crippen LogP contribution in [-0.4, -0.2) is 69.0 Å². The average molecular weight is 546 g/mol. The standard InChI is InChI=1S/C30H32FN5O4/c1-20(38-3)19-35(2)30-32-11-10-28(34-30)40-27-9-8-26(24-6-4-5-7-25(24)27)33-29(37)21-16-22(31)18-23(17-21)36-12-14-39-15-13-36/h4-11,16-18,20H,12-15,19H2,1-3H3,(H,33,37). The van der Waals surface area contributed by atoms with E-state index in [4.69, 9.17) is 14.2 Å². The van der Waals surface area contributed by atoms with E-state index in [1.54, 1.807) is 37.6 Å². The fourth-order valence-corrected chi connectivity index (χ4v) is 4.60. The van der Waals surface area contributed by atoms with Gasteiger partial charge in [0.1, 0.15) is 11.6 Å². The van der Waals surface area contributed by atoms with Gasteiger partial charge >= 0.3 is 0 Å². The van der Waals surface area contributed by atoms with E-state index < -0.39 is 11.7 Å². The van der Waals surface area contributed by atoms with E-state index in [1.807, 2.05) is 48.0 Å². The lowest BCUT2D eigenvalue weighted by atomic mass is 10.1. The number of carbonyl (C=O) groups excluding carboxylic acids is 1. The quantitative estimate of drug-likeness (QED) is 0.310. The number of hydrogen-bond acceptors (Lipinski definition) is 8. The molecule has 0 bridgehead atoms. The maximum atomic E-state index is 14.5. The molecular weight excluding hydrogens is 513 g/mol. The molecule has 1 fully saturated rings. The van der Waals surface area contributed by atoms with E-state index in [0.717, 1.165) is 10.8 Å². The fraction of sp³-hybridized carbons (Fsp3) is 0.300. The highest BCUT2D eigenvalue weighted by Gasteiger charge is 2.17. The third-order valence-electron chi connectivity index (χ3n) is 6.76. The molecule has 208 valence electrons.